The van der Waals surface area contributed by atoms with Crippen LogP contribution in [0.1, 0.15) is 38.8 Å². The molecule has 1 aromatic rings. The number of carboxylic acid groups (broad SMARTS) is 1. The third-order valence-electron chi connectivity index (χ3n) is 3.84. The number of hydrogen-bond acceptors (Lipinski definition) is 3. The van der Waals surface area contributed by atoms with E-state index < -0.39 is 5.97 Å². The van der Waals surface area contributed by atoms with Crippen molar-refractivity contribution in [3.63, 3.8) is 0 Å². The number of anilines is 1. The topological polar surface area (TPSA) is 82.5 Å². The van der Waals surface area contributed by atoms with E-state index in [1.54, 1.807) is 12.1 Å². The van der Waals surface area contributed by atoms with Crippen molar-refractivity contribution >= 4 is 17.7 Å². The minimum atomic E-state index is -0.921. The summed E-state index contributed by atoms with van der Waals surface area (Å²) in [6.07, 6.45) is 4.57. The summed E-state index contributed by atoms with van der Waals surface area (Å²) < 4.78 is 0. The first-order valence-electron chi connectivity index (χ1n) is 7.23. The Balaban J connectivity index is 2.00. The molecular weight excluding hydrogens is 270 g/mol. The van der Waals surface area contributed by atoms with E-state index in [-0.39, 0.29) is 24.5 Å². The summed E-state index contributed by atoms with van der Waals surface area (Å²) in [7, 11) is 0. The van der Waals surface area contributed by atoms with E-state index in [0.717, 1.165) is 19.3 Å². The Labute approximate surface area is 124 Å². The van der Waals surface area contributed by atoms with Gasteiger partial charge in [-0.05, 0) is 45.2 Å². The fourth-order valence-corrected chi connectivity index (χ4v) is 2.77. The number of carbonyl (C=O) groups excluding carboxylic acids is 1. The summed E-state index contributed by atoms with van der Waals surface area (Å²) in [6, 6.07) is 3.64. The maximum absolute atomic E-state index is 12.3. The fraction of sp³-hybridized carbons (Fsp3) is 0.533. The Hall–Kier alpha value is -2.11. The largest absolute Gasteiger partial charge is 0.481 e. The van der Waals surface area contributed by atoms with E-state index in [9.17, 15) is 9.59 Å². The third-order valence-corrected chi connectivity index (χ3v) is 3.84. The van der Waals surface area contributed by atoms with Crippen molar-refractivity contribution in [1.29, 1.82) is 0 Å². The minimum absolute atomic E-state index is 0.117. The molecule has 2 amide bonds. The van der Waals surface area contributed by atoms with Crippen LogP contribution < -0.4 is 5.32 Å². The van der Waals surface area contributed by atoms with Gasteiger partial charge < -0.3 is 15.3 Å². The summed E-state index contributed by atoms with van der Waals surface area (Å²) in [6.45, 7) is 4.12. The van der Waals surface area contributed by atoms with Crippen LogP contribution in [0.3, 0.4) is 0 Å². The number of rotatable bonds is 3. The van der Waals surface area contributed by atoms with Gasteiger partial charge in [0, 0.05) is 12.1 Å². The second kappa shape index (κ2) is 6.56. The number of carbonyl (C=O) groups is 2. The van der Waals surface area contributed by atoms with Gasteiger partial charge in [0.15, 0.2) is 0 Å². The van der Waals surface area contributed by atoms with Crippen LogP contribution in [0.5, 0.6) is 0 Å². The zero-order chi connectivity index (χ0) is 15.4. The summed E-state index contributed by atoms with van der Waals surface area (Å²) in [5.74, 6) is -0.921. The molecule has 6 heteroatoms. The van der Waals surface area contributed by atoms with Crippen LogP contribution in [0, 0.1) is 0 Å². The van der Waals surface area contributed by atoms with Crippen molar-refractivity contribution in [2.45, 2.75) is 51.6 Å². The number of amides is 2. The average molecular weight is 291 g/mol. The van der Waals surface area contributed by atoms with Crippen molar-refractivity contribution in [2.75, 3.05) is 5.32 Å². The lowest BCUT2D eigenvalue weighted by molar-refractivity contribution is -0.136. The molecule has 21 heavy (non-hydrogen) atoms. The molecule has 1 fully saturated rings. The van der Waals surface area contributed by atoms with Gasteiger partial charge >= 0.3 is 12.0 Å². The van der Waals surface area contributed by atoms with E-state index >= 15 is 0 Å². The summed E-state index contributed by atoms with van der Waals surface area (Å²) in [4.78, 5) is 28.8. The molecule has 1 aromatic heterocycles. The normalized spacial score (nSPS) is 21.9. The second-order valence-corrected chi connectivity index (χ2v) is 5.58. The van der Waals surface area contributed by atoms with Crippen LogP contribution in [-0.2, 0) is 11.2 Å². The molecule has 114 valence electrons. The number of carboxylic acids is 1. The first-order valence-corrected chi connectivity index (χ1v) is 7.23. The number of aromatic nitrogens is 1. The highest BCUT2D eigenvalue weighted by molar-refractivity contribution is 5.89. The number of hydrogen-bond donors (Lipinski definition) is 2. The zero-order valence-corrected chi connectivity index (χ0v) is 12.4. The van der Waals surface area contributed by atoms with Crippen molar-refractivity contribution in [1.82, 2.24) is 9.88 Å². The molecule has 1 aliphatic heterocycles. The number of nitrogens with one attached hydrogen (secondary N) is 1. The Kier molecular flexibility index (Phi) is 4.77. The number of piperidine rings is 1. The van der Waals surface area contributed by atoms with E-state index in [0.29, 0.717) is 11.4 Å². The highest BCUT2D eigenvalue weighted by Gasteiger charge is 2.28. The van der Waals surface area contributed by atoms with Crippen molar-refractivity contribution in [3.8, 4) is 0 Å². The monoisotopic (exact) mass is 291 g/mol. The lowest BCUT2D eigenvalue weighted by Gasteiger charge is -2.38. The Morgan fingerprint density at radius 2 is 2.00 bits per heavy atom. The molecule has 0 aliphatic carbocycles. The SMILES string of the molecule is C[C@@H]1CCC[C@H](C)N1C(=O)Nc1ccc(CC(=O)O)nc1. The highest BCUT2D eigenvalue weighted by Crippen LogP contribution is 2.23. The van der Waals surface area contributed by atoms with Crippen LogP contribution in [-0.4, -0.2) is 39.1 Å². The minimum Gasteiger partial charge on any atom is -0.481 e. The molecule has 6 nitrogen and oxygen atoms in total. The maximum Gasteiger partial charge on any atom is 0.322 e. The number of pyridine rings is 1. The van der Waals surface area contributed by atoms with Gasteiger partial charge in [-0.1, -0.05) is 0 Å². The first-order chi connectivity index (χ1) is 9.97. The molecule has 0 saturated carbocycles. The molecule has 0 spiro atoms. The Morgan fingerprint density at radius 1 is 1.33 bits per heavy atom. The van der Waals surface area contributed by atoms with Gasteiger partial charge in [-0.3, -0.25) is 9.78 Å². The lowest BCUT2D eigenvalue weighted by Crippen LogP contribution is -2.49. The molecule has 2 N–H and O–H groups in total. The molecule has 0 radical (unpaired) electrons. The molecular formula is C15H21N3O3. The molecule has 1 saturated heterocycles. The Bertz CT molecular complexity index is 505. The van der Waals surface area contributed by atoms with Crippen LogP contribution in [0.15, 0.2) is 18.3 Å². The second-order valence-electron chi connectivity index (χ2n) is 5.58. The molecule has 0 bridgehead atoms. The van der Waals surface area contributed by atoms with Crippen molar-refractivity contribution in [2.24, 2.45) is 0 Å². The molecule has 2 heterocycles. The van der Waals surface area contributed by atoms with E-state index in [2.05, 4.69) is 24.1 Å². The van der Waals surface area contributed by atoms with Crippen LogP contribution in [0.25, 0.3) is 0 Å². The maximum atomic E-state index is 12.3. The summed E-state index contributed by atoms with van der Waals surface area (Å²) in [5.41, 5.74) is 1.05. The van der Waals surface area contributed by atoms with E-state index in [4.69, 9.17) is 5.11 Å². The lowest BCUT2D eigenvalue weighted by atomic mass is 9.98. The number of aliphatic carboxylic acids is 1. The average Bonchev–Trinajstić information content (AvgIpc) is 2.40. The summed E-state index contributed by atoms with van der Waals surface area (Å²) in [5, 5.41) is 11.5. The van der Waals surface area contributed by atoms with E-state index in [1.807, 2.05) is 4.90 Å². The number of nitrogens with zero attached hydrogens (tertiary/aromatic N) is 2. The number of likely N-dealkylation sites (tertiary alicyclic amines) is 1. The number of urea groups is 1. The predicted octanol–water partition coefficient (Wildman–Crippen LogP) is 2.50. The standard InChI is InChI=1S/C15H21N3O3/c1-10-4-3-5-11(2)18(10)15(21)17-13-7-6-12(16-9-13)8-14(19)20/h6-7,9-11H,3-5,8H2,1-2H3,(H,17,21)(H,19,20)/t10-,11+. The van der Waals surface area contributed by atoms with Gasteiger partial charge in [-0.2, -0.15) is 0 Å². The Morgan fingerprint density at radius 3 is 2.52 bits per heavy atom. The quantitative estimate of drug-likeness (QED) is 0.896. The van der Waals surface area contributed by atoms with Crippen molar-refractivity contribution in [3.05, 3.63) is 24.0 Å². The zero-order valence-electron chi connectivity index (χ0n) is 12.4. The fourth-order valence-electron chi connectivity index (χ4n) is 2.77. The van der Waals surface area contributed by atoms with Crippen molar-refractivity contribution < 1.29 is 14.7 Å². The summed E-state index contributed by atoms with van der Waals surface area (Å²) >= 11 is 0. The highest BCUT2D eigenvalue weighted by atomic mass is 16.4. The molecule has 2 atom stereocenters. The van der Waals surface area contributed by atoms with Crippen LogP contribution in [0.4, 0.5) is 10.5 Å². The molecule has 0 aromatic carbocycles. The van der Waals surface area contributed by atoms with Gasteiger partial charge in [0.1, 0.15) is 0 Å². The van der Waals surface area contributed by atoms with Crippen LogP contribution in [0.2, 0.25) is 0 Å². The smallest absolute Gasteiger partial charge is 0.322 e. The predicted molar refractivity (Wildman–Crippen MR) is 79.2 cm³/mol. The molecule has 0 unspecified atom stereocenters. The third kappa shape index (κ3) is 3.93. The first kappa shape index (κ1) is 15.3. The van der Waals surface area contributed by atoms with E-state index in [1.165, 1.54) is 6.20 Å². The van der Waals surface area contributed by atoms with Gasteiger partial charge in [0.2, 0.25) is 0 Å². The van der Waals surface area contributed by atoms with Gasteiger partial charge in [0.25, 0.3) is 0 Å². The molecule has 1 aliphatic rings. The van der Waals surface area contributed by atoms with Crippen LogP contribution >= 0.6 is 0 Å². The van der Waals surface area contributed by atoms with Gasteiger partial charge in [-0.25, -0.2) is 4.79 Å². The van der Waals surface area contributed by atoms with Gasteiger partial charge in [-0.15, -0.1) is 0 Å². The van der Waals surface area contributed by atoms with Gasteiger partial charge in [0.05, 0.1) is 24.0 Å². The molecule has 2 rings (SSSR count).